The van der Waals surface area contributed by atoms with E-state index in [-0.39, 0.29) is 0 Å². The number of halogens is 1. The highest BCUT2D eigenvalue weighted by Gasteiger charge is 2.18. The van der Waals surface area contributed by atoms with Crippen LogP contribution in [0.1, 0.15) is 20.3 Å². The van der Waals surface area contributed by atoms with Crippen molar-refractivity contribution in [2.75, 3.05) is 0 Å². The SMILES string of the molecule is CC(C)CC(N)C(=O)Oc1ccccc1Cl. The summed E-state index contributed by atoms with van der Waals surface area (Å²) >= 11 is 5.86. The number of para-hydroxylation sites is 1. The third-order valence-electron chi connectivity index (χ3n) is 2.08. The normalized spacial score (nSPS) is 12.6. The van der Waals surface area contributed by atoms with E-state index >= 15 is 0 Å². The number of ether oxygens (including phenoxy) is 1. The Morgan fingerprint density at radius 2 is 2.06 bits per heavy atom. The molecule has 1 atom stereocenters. The molecule has 1 aromatic rings. The number of benzene rings is 1. The van der Waals surface area contributed by atoms with Gasteiger partial charge in [-0.05, 0) is 24.5 Å². The van der Waals surface area contributed by atoms with Gasteiger partial charge in [-0.25, -0.2) is 4.79 Å². The van der Waals surface area contributed by atoms with Gasteiger partial charge in [0.15, 0.2) is 0 Å². The molecule has 2 N–H and O–H groups in total. The molecule has 0 aliphatic carbocycles. The molecule has 0 bridgehead atoms. The quantitative estimate of drug-likeness (QED) is 0.651. The van der Waals surface area contributed by atoms with E-state index in [9.17, 15) is 4.79 Å². The van der Waals surface area contributed by atoms with Crippen LogP contribution in [-0.2, 0) is 4.79 Å². The topological polar surface area (TPSA) is 52.3 Å². The van der Waals surface area contributed by atoms with E-state index in [4.69, 9.17) is 22.1 Å². The van der Waals surface area contributed by atoms with Crippen molar-refractivity contribution >= 4 is 17.6 Å². The fraction of sp³-hybridized carbons (Fsp3) is 0.417. The molecule has 0 aliphatic rings. The molecule has 16 heavy (non-hydrogen) atoms. The smallest absolute Gasteiger partial charge is 0.328 e. The number of hydrogen-bond donors (Lipinski definition) is 1. The lowest BCUT2D eigenvalue weighted by Crippen LogP contribution is -2.35. The molecule has 1 rings (SSSR count). The Morgan fingerprint density at radius 3 is 2.62 bits per heavy atom. The first-order valence-corrected chi connectivity index (χ1v) is 5.60. The van der Waals surface area contributed by atoms with Crippen LogP contribution < -0.4 is 10.5 Å². The van der Waals surface area contributed by atoms with E-state index in [2.05, 4.69) is 0 Å². The summed E-state index contributed by atoms with van der Waals surface area (Å²) in [5.41, 5.74) is 5.70. The molecule has 0 saturated heterocycles. The van der Waals surface area contributed by atoms with Crippen molar-refractivity contribution in [1.82, 2.24) is 0 Å². The zero-order valence-electron chi connectivity index (χ0n) is 9.44. The number of esters is 1. The maximum Gasteiger partial charge on any atom is 0.328 e. The van der Waals surface area contributed by atoms with Gasteiger partial charge in [0, 0.05) is 0 Å². The Labute approximate surface area is 101 Å². The average molecular weight is 242 g/mol. The van der Waals surface area contributed by atoms with Crippen molar-refractivity contribution in [3.05, 3.63) is 29.3 Å². The van der Waals surface area contributed by atoms with Gasteiger partial charge in [0.05, 0.1) is 5.02 Å². The first-order valence-electron chi connectivity index (χ1n) is 5.22. The highest BCUT2D eigenvalue weighted by molar-refractivity contribution is 6.32. The van der Waals surface area contributed by atoms with E-state index in [0.29, 0.717) is 23.1 Å². The van der Waals surface area contributed by atoms with Crippen LogP contribution in [0.4, 0.5) is 0 Å². The standard InChI is InChI=1S/C12H16ClNO2/c1-8(2)7-10(14)12(15)16-11-6-4-3-5-9(11)13/h3-6,8,10H,7,14H2,1-2H3. The Bertz CT molecular complexity index is 366. The summed E-state index contributed by atoms with van der Waals surface area (Å²) in [5.74, 6) is 0.268. The van der Waals surface area contributed by atoms with Gasteiger partial charge in [0.25, 0.3) is 0 Å². The second-order valence-electron chi connectivity index (χ2n) is 4.09. The molecule has 1 aromatic carbocycles. The first kappa shape index (κ1) is 13.0. The molecule has 0 radical (unpaired) electrons. The van der Waals surface area contributed by atoms with Crippen molar-refractivity contribution in [2.45, 2.75) is 26.3 Å². The summed E-state index contributed by atoms with van der Waals surface area (Å²) in [6.07, 6.45) is 0.600. The number of carbonyl (C=O) groups excluding carboxylic acids is 1. The van der Waals surface area contributed by atoms with Crippen LogP contribution >= 0.6 is 11.6 Å². The second kappa shape index (κ2) is 5.87. The van der Waals surface area contributed by atoms with E-state index in [1.54, 1.807) is 24.3 Å². The van der Waals surface area contributed by atoms with Gasteiger partial charge in [-0.2, -0.15) is 0 Å². The van der Waals surface area contributed by atoms with Gasteiger partial charge in [-0.15, -0.1) is 0 Å². The van der Waals surface area contributed by atoms with Gasteiger partial charge >= 0.3 is 5.97 Å². The van der Waals surface area contributed by atoms with Gasteiger partial charge in [-0.1, -0.05) is 37.6 Å². The maximum absolute atomic E-state index is 11.6. The minimum atomic E-state index is -0.601. The average Bonchev–Trinajstić information content (AvgIpc) is 2.20. The van der Waals surface area contributed by atoms with Crippen molar-refractivity contribution in [3.8, 4) is 5.75 Å². The summed E-state index contributed by atoms with van der Waals surface area (Å²) in [7, 11) is 0. The summed E-state index contributed by atoms with van der Waals surface area (Å²) in [4.78, 5) is 11.6. The molecule has 0 fully saturated rings. The predicted octanol–water partition coefficient (Wildman–Crippen LogP) is 2.62. The van der Waals surface area contributed by atoms with Crippen molar-refractivity contribution in [1.29, 1.82) is 0 Å². The molecule has 0 aliphatic heterocycles. The number of rotatable bonds is 4. The molecule has 0 heterocycles. The highest BCUT2D eigenvalue weighted by Crippen LogP contribution is 2.23. The van der Waals surface area contributed by atoms with Gasteiger partial charge in [0.1, 0.15) is 11.8 Å². The Hall–Kier alpha value is -1.06. The van der Waals surface area contributed by atoms with Gasteiger partial charge < -0.3 is 10.5 Å². The molecule has 88 valence electrons. The van der Waals surface area contributed by atoms with Crippen LogP contribution in [0.2, 0.25) is 5.02 Å². The first-order chi connectivity index (χ1) is 7.50. The molecular formula is C12H16ClNO2. The highest BCUT2D eigenvalue weighted by atomic mass is 35.5. The maximum atomic E-state index is 11.6. The molecule has 0 spiro atoms. The van der Waals surface area contributed by atoms with E-state index < -0.39 is 12.0 Å². The van der Waals surface area contributed by atoms with E-state index in [1.165, 1.54) is 0 Å². The Kier molecular flexibility index (Phi) is 4.77. The Morgan fingerprint density at radius 1 is 1.44 bits per heavy atom. The largest absolute Gasteiger partial charge is 0.424 e. The molecule has 0 saturated carbocycles. The summed E-state index contributed by atoms with van der Waals surface area (Å²) in [6, 6.07) is 6.23. The fourth-order valence-corrected chi connectivity index (χ4v) is 1.49. The van der Waals surface area contributed by atoms with Crippen LogP contribution in [-0.4, -0.2) is 12.0 Å². The fourth-order valence-electron chi connectivity index (χ4n) is 1.32. The summed E-state index contributed by atoms with van der Waals surface area (Å²) < 4.78 is 5.11. The molecule has 0 aromatic heterocycles. The van der Waals surface area contributed by atoms with Crippen LogP contribution in [0.15, 0.2) is 24.3 Å². The van der Waals surface area contributed by atoms with Crippen molar-refractivity contribution in [3.63, 3.8) is 0 Å². The van der Waals surface area contributed by atoms with E-state index in [0.717, 1.165) is 0 Å². The zero-order valence-corrected chi connectivity index (χ0v) is 10.2. The minimum Gasteiger partial charge on any atom is -0.424 e. The van der Waals surface area contributed by atoms with Crippen LogP contribution in [0.25, 0.3) is 0 Å². The lowest BCUT2D eigenvalue weighted by Gasteiger charge is -2.13. The third-order valence-corrected chi connectivity index (χ3v) is 2.39. The van der Waals surface area contributed by atoms with Crippen LogP contribution in [0.3, 0.4) is 0 Å². The minimum absolute atomic E-state index is 0.355. The number of carbonyl (C=O) groups is 1. The molecule has 0 amide bonds. The third kappa shape index (κ3) is 3.83. The van der Waals surface area contributed by atoms with Crippen LogP contribution in [0.5, 0.6) is 5.75 Å². The van der Waals surface area contributed by atoms with E-state index in [1.807, 2.05) is 13.8 Å². The summed E-state index contributed by atoms with van der Waals surface area (Å²) in [5, 5.41) is 0.410. The van der Waals surface area contributed by atoms with Crippen molar-refractivity contribution < 1.29 is 9.53 Å². The molecule has 1 unspecified atom stereocenters. The zero-order chi connectivity index (χ0) is 12.1. The molecular weight excluding hydrogens is 226 g/mol. The number of nitrogens with two attached hydrogens (primary N) is 1. The summed E-state index contributed by atoms with van der Waals surface area (Å²) in [6.45, 7) is 4.01. The molecule has 4 heteroatoms. The monoisotopic (exact) mass is 241 g/mol. The van der Waals surface area contributed by atoms with Gasteiger partial charge in [0.2, 0.25) is 0 Å². The second-order valence-corrected chi connectivity index (χ2v) is 4.49. The van der Waals surface area contributed by atoms with Gasteiger partial charge in [-0.3, -0.25) is 0 Å². The Balaban J connectivity index is 2.61. The lowest BCUT2D eigenvalue weighted by molar-refractivity contribution is -0.136. The number of hydrogen-bond acceptors (Lipinski definition) is 3. The predicted molar refractivity (Wildman–Crippen MR) is 64.5 cm³/mol. The lowest BCUT2D eigenvalue weighted by atomic mass is 10.1. The van der Waals surface area contributed by atoms with Crippen molar-refractivity contribution in [2.24, 2.45) is 11.7 Å². The van der Waals surface area contributed by atoms with Crippen LogP contribution in [0, 0.1) is 5.92 Å². The molecule has 3 nitrogen and oxygen atoms in total.